The lowest BCUT2D eigenvalue weighted by atomic mass is 10.1. The molecule has 180 valence electrons. The number of benzene rings is 1. The maximum absolute atomic E-state index is 13.3. The summed E-state index contributed by atoms with van der Waals surface area (Å²) in [6, 6.07) is 7.87. The van der Waals surface area contributed by atoms with Crippen LogP contribution < -0.4 is 5.32 Å². The molecule has 1 aliphatic heterocycles. The molecule has 0 radical (unpaired) electrons. The van der Waals surface area contributed by atoms with Crippen LogP contribution in [0.1, 0.15) is 27.6 Å². The number of nitrogens with one attached hydrogen (secondary N) is 1. The standard InChI is InChI=1S/C25H24FN5O3S/c1-15-11-17(13-31-7-9-33-10-8-31)12-27-21(15)20-14-35-25(29-20)30-24(32)23-22(28-16(2)34-23)18-3-5-19(26)6-4-18/h3-6,11-12,14H,7-10,13H2,1-2H3,(H,29,30,32). The van der Waals surface area contributed by atoms with E-state index in [2.05, 4.69) is 31.2 Å². The molecule has 0 bridgehead atoms. The Balaban J connectivity index is 1.31. The number of rotatable bonds is 6. The highest BCUT2D eigenvalue weighted by molar-refractivity contribution is 7.14. The first-order valence-corrected chi connectivity index (χ1v) is 12.1. The number of anilines is 1. The Morgan fingerprint density at radius 3 is 2.66 bits per heavy atom. The monoisotopic (exact) mass is 493 g/mol. The minimum Gasteiger partial charge on any atom is -0.435 e. The average molecular weight is 494 g/mol. The summed E-state index contributed by atoms with van der Waals surface area (Å²) in [5.74, 6) is -0.455. The third-order valence-corrected chi connectivity index (χ3v) is 6.43. The first-order chi connectivity index (χ1) is 17.0. The highest BCUT2D eigenvalue weighted by Crippen LogP contribution is 2.29. The first-order valence-electron chi connectivity index (χ1n) is 11.2. The zero-order valence-corrected chi connectivity index (χ0v) is 20.2. The fraction of sp³-hybridized carbons (Fsp3) is 0.280. The molecule has 5 rings (SSSR count). The maximum atomic E-state index is 13.3. The van der Waals surface area contributed by atoms with Gasteiger partial charge in [0, 0.05) is 43.7 Å². The van der Waals surface area contributed by atoms with E-state index >= 15 is 0 Å². The normalized spacial score (nSPS) is 14.3. The zero-order chi connectivity index (χ0) is 24.4. The number of nitrogens with zero attached hydrogens (tertiary/aromatic N) is 4. The van der Waals surface area contributed by atoms with Gasteiger partial charge in [0.2, 0.25) is 5.76 Å². The molecule has 0 aliphatic carbocycles. The largest absolute Gasteiger partial charge is 0.435 e. The summed E-state index contributed by atoms with van der Waals surface area (Å²) in [6.07, 6.45) is 1.88. The molecule has 35 heavy (non-hydrogen) atoms. The zero-order valence-electron chi connectivity index (χ0n) is 19.4. The molecule has 10 heteroatoms. The summed E-state index contributed by atoms with van der Waals surface area (Å²) in [6.45, 7) is 7.86. The fourth-order valence-electron chi connectivity index (χ4n) is 3.98. The summed E-state index contributed by atoms with van der Waals surface area (Å²) in [5.41, 5.74) is 4.56. The Hall–Kier alpha value is -3.47. The van der Waals surface area contributed by atoms with Gasteiger partial charge in [-0.25, -0.2) is 14.4 Å². The Morgan fingerprint density at radius 2 is 1.91 bits per heavy atom. The third kappa shape index (κ3) is 5.29. The molecular formula is C25H24FN5O3S. The number of aromatic nitrogens is 3. The molecule has 4 aromatic rings. The molecule has 1 aliphatic rings. The number of carbonyl (C=O) groups is 1. The van der Waals surface area contributed by atoms with Gasteiger partial charge in [0.25, 0.3) is 5.91 Å². The van der Waals surface area contributed by atoms with E-state index in [1.165, 1.54) is 23.5 Å². The summed E-state index contributed by atoms with van der Waals surface area (Å²) >= 11 is 1.30. The molecule has 0 saturated carbocycles. The third-order valence-electron chi connectivity index (χ3n) is 5.67. The number of hydrogen-bond acceptors (Lipinski definition) is 8. The minimum absolute atomic E-state index is 0.0487. The summed E-state index contributed by atoms with van der Waals surface area (Å²) in [4.78, 5) is 28.8. The second-order valence-corrected chi connectivity index (χ2v) is 9.17. The summed E-state index contributed by atoms with van der Waals surface area (Å²) in [5, 5.41) is 5.06. The molecule has 0 unspecified atom stereocenters. The molecule has 8 nitrogen and oxygen atoms in total. The van der Waals surface area contributed by atoms with E-state index in [0.717, 1.165) is 49.7 Å². The van der Waals surface area contributed by atoms with Gasteiger partial charge in [-0.15, -0.1) is 11.3 Å². The van der Waals surface area contributed by atoms with E-state index in [1.807, 2.05) is 18.5 Å². The highest BCUT2D eigenvalue weighted by Gasteiger charge is 2.22. The number of thiazole rings is 1. The number of oxazole rings is 1. The number of aryl methyl sites for hydroxylation is 2. The van der Waals surface area contributed by atoms with Gasteiger partial charge in [-0.1, -0.05) is 6.07 Å². The van der Waals surface area contributed by atoms with E-state index < -0.39 is 5.91 Å². The fourth-order valence-corrected chi connectivity index (χ4v) is 4.67. The number of hydrogen-bond donors (Lipinski definition) is 1. The van der Waals surface area contributed by atoms with Gasteiger partial charge < -0.3 is 9.15 Å². The van der Waals surface area contributed by atoms with Gasteiger partial charge >= 0.3 is 0 Å². The van der Waals surface area contributed by atoms with Crippen LogP contribution in [0.3, 0.4) is 0 Å². The van der Waals surface area contributed by atoms with Crippen molar-refractivity contribution in [2.45, 2.75) is 20.4 Å². The molecule has 1 aromatic carbocycles. The maximum Gasteiger partial charge on any atom is 0.295 e. The second-order valence-electron chi connectivity index (χ2n) is 8.31. The topological polar surface area (TPSA) is 93.4 Å². The molecule has 1 amide bonds. The van der Waals surface area contributed by atoms with Crippen LogP contribution in [0.2, 0.25) is 0 Å². The van der Waals surface area contributed by atoms with Crippen molar-refractivity contribution in [2.75, 3.05) is 31.6 Å². The predicted molar refractivity (Wildman–Crippen MR) is 131 cm³/mol. The number of ether oxygens (including phenoxy) is 1. The van der Waals surface area contributed by atoms with E-state index in [9.17, 15) is 9.18 Å². The molecule has 3 aromatic heterocycles. The Morgan fingerprint density at radius 1 is 1.14 bits per heavy atom. The molecule has 1 N–H and O–H groups in total. The number of morpholine rings is 1. The Kier molecular flexibility index (Phi) is 6.67. The van der Waals surface area contributed by atoms with Crippen LogP contribution in [-0.2, 0) is 11.3 Å². The van der Waals surface area contributed by atoms with Crippen molar-refractivity contribution in [1.29, 1.82) is 0 Å². The van der Waals surface area contributed by atoms with E-state index in [4.69, 9.17) is 9.15 Å². The lowest BCUT2D eigenvalue weighted by Gasteiger charge is -2.26. The van der Waals surface area contributed by atoms with Gasteiger partial charge in [0.1, 0.15) is 17.2 Å². The van der Waals surface area contributed by atoms with Crippen LogP contribution in [0.15, 0.2) is 46.3 Å². The van der Waals surface area contributed by atoms with Crippen LogP contribution in [0.25, 0.3) is 22.6 Å². The SMILES string of the molecule is Cc1nc(-c2ccc(F)cc2)c(C(=O)Nc2nc(-c3ncc(CN4CCOCC4)cc3C)cs2)o1. The van der Waals surface area contributed by atoms with Crippen LogP contribution in [0, 0.1) is 19.7 Å². The number of carbonyl (C=O) groups excluding carboxylic acids is 1. The molecule has 1 saturated heterocycles. The lowest BCUT2D eigenvalue weighted by Crippen LogP contribution is -2.35. The van der Waals surface area contributed by atoms with Crippen molar-refractivity contribution in [3.63, 3.8) is 0 Å². The first kappa shape index (κ1) is 23.3. The van der Waals surface area contributed by atoms with Crippen LogP contribution in [-0.4, -0.2) is 52.1 Å². The molecule has 1 fully saturated rings. The number of halogens is 1. The van der Waals surface area contributed by atoms with Crippen LogP contribution >= 0.6 is 11.3 Å². The van der Waals surface area contributed by atoms with Crippen molar-refractivity contribution >= 4 is 22.4 Å². The molecule has 0 spiro atoms. The number of pyridine rings is 1. The van der Waals surface area contributed by atoms with Crippen molar-refractivity contribution in [1.82, 2.24) is 19.9 Å². The van der Waals surface area contributed by atoms with E-state index in [1.54, 1.807) is 19.1 Å². The Labute approximate surface area is 205 Å². The summed E-state index contributed by atoms with van der Waals surface area (Å²) in [7, 11) is 0. The van der Waals surface area contributed by atoms with Crippen LogP contribution in [0.5, 0.6) is 0 Å². The van der Waals surface area contributed by atoms with Crippen molar-refractivity contribution in [2.24, 2.45) is 0 Å². The summed E-state index contributed by atoms with van der Waals surface area (Å²) < 4.78 is 24.3. The predicted octanol–water partition coefficient (Wildman–Crippen LogP) is 4.70. The van der Waals surface area contributed by atoms with E-state index in [0.29, 0.717) is 28.0 Å². The molecule has 0 atom stereocenters. The minimum atomic E-state index is -0.476. The van der Waals surface area contributed by atoms with Crippen molar-refractivity contribution in [3.8, 4) is 22.6 Å². The van der Waals surface area contributed by atoms with Crippen molar-refractivity contribution < 1.29 is 18.3 Å². The van der Waals surface area contributed by atoms with Gasteiger partial charge in [-0.05, 0) is 42.3 Å². The van der Waals surface area contributed by atoms with E-state index in [-0.39, 0.29) is 11.6 Å². The van der Waals surface area contributed by atoms with Crippen LogP contribution in [0.4, 0.5) is 9.52 Å². The van der Waals surface area contributed by atoms with Gasteiger partial charge in [-0.3, -0.25) is 20.0 Å². The Bertz CT molecular complexity index is 1350. The highest BCUT2D eigenvalue weighted by atomic mass is 32.1. The quantitative estimate of drug-likeness (QED) is 0.416. The van der Waals surface area contributed by atoms with Crippen molar-refractivity contribution in [3.05, 3.63) is 70.5 Å². The van der Waals surface area contributed by atoms with Gasteiger partial charge in [0.15, 0.2) is 11.0 Å². The van der Waals surface area contributed by atoms with Gasteiger partial charge in [-0.2, -0.15) is 0 Å². The van der Waals surface area contributed by atoms with Gasteiger partial charge in [0.05, 0.1) is 18.9 Å². The molecular weight excluding hydrogens is 469 g/mol. The number of amides is 1. The lowest BCUT2D eigenvalue weighted by molar-refractivity contribution is 0.0341. The second kappa shape index (κ2) is 10.0. The average Bonchev–Trinajstić information content (AvgIpc) is 3.47. The smallest absolute Gasteiger partial charge is 0.295 e. The molecule has 4 heterocycles.